The molecule has 0 amide bonds. The predicted octanol–water partition coefficient (Wildman–Crippen LogP) is 3.10. The second kappa shape index (κ2) is 7.33. The van der Waals surface area contributed by atoms with E-state index in [1.54, 1.807) is 7.11 Å². The first-order valence-electron chi connectivity index (χ1n) is 8.93. The van der Waals surface area contributed by atoms with Gasteiger partial charge in [0.05, 0.1) is 12.8 Å². The number of rotatable bonds is 5. The number of alkyl halides is 1. The number of ether oxygens (including phenoxy) is 1. The number of hydrogen-bond acceptors (Lipinski definition) is 4. The number of halogens is 1. The van der Waals surface area contributed by atoms with E-state index in [0.717, 1.165) is 48.8 Å². The van der Waals surface area contributed by atoms with Crippen molar-refractivity contribution in [1.29, 1.82) is 0 Å². The minimum atomic E-state index is -0.270. The van der Waals surface area contributed by atoms with Gasteiger partial charge < -0.3 is 14.0 Å². The van der Waals surface area contributed by atoms with Crippen molar-refractivity contribution in [2.45, 2.75) is 0 Å². The summed E-state index contributed by atoms with van der Waals surface area (Å²) in [5, 5.41) is 0. The minimum Gasteiger partial charge on any atom is -0.497 e. The van der Waals surface area contributed by atoms with Crippen LogP contribution in [0.1, 0.15) is 0 Å². The van der Waals surface area contributed by atoms with Crippen LogP contribution in [0, 0.1) is 0 Å². The topological polar surface area (TPSA) is 33.0 Å². The third-order valence-electron chi connectivity index (χ3n) is 4.97. The predicted molar refractivity (Wildman–Crippen MR) is 102 cm³/mol. The summed E-state index contributed by atoms with van der Waals surface area (Å²) >= 11 is 0. The van der Waals surface area contributed by atoms with Crippen molar-refractivity contribution in [3.8, 4) is 17.0 Å². The zero-order chi connectivity index (χ0) is 17.9. The molecular weight excluding hydrogens is 331 g/mol. The maximum atomic E-state index is 12.5. The molecule has 0 N–H and O–H groups in total. The highest BCUT2D eigenvalue weighted by atomic mass is 19.1. The van der Waals surface area contributed by atoms with Crippen molar-refractivity contribution in [2.75, 3.05) is 51.4 Å². The highest BCUT2D eigenvalue weighted by molar-refractivity contribution is 5.66. The van der Waals surface area contributed by atoms with Crippen molar-refractivity contribution in [1.82, 2.24) is 14.3 Å². The standard InChI is InChI=1S/C20H23FN4O/c1-26-18-4-2-16(3-5-18)19-15-25-8-6-17(14-20(25)22-19)24-12-10-23(9-7-21)11-13-24/h2-6,8,14-15H,7,9-13H2,1H3. The monoisotopic (exact) mass is 354 g/mol. The molecule has 0 saturated carbocycles. The number of anilines is 1. The summed E-state index contributed by atoms with van der Waals surface area (Å²) in [6.07, 6.45) is 4.10. The molecule has 1 aromatic carbocycles. The second-order valence-electron chi connectivity index (χ2n) is 6.52. The summed E-state index contributed by atoms with van der Waals surface area (Å²) in [6, 6.07) is 12.2. The van der Waals surface area contributed by atoms with E-state index < -0.39 is 0 Å². The lowest BCUT2D eigenvalue weighted by Gasteiger charge is -2.35. The number of aromatic nitrogens is 2. The fourth-order valence-corrected chi connectivity index (χ4v) is 3.42. The van der Waals surface area contributed by atoms with Gasteiger partial charge in [0.2, 0.25) is 0 Å². The number of benzene rings is 1. The molecule has 0 unspecified atom stereocenters. The van der Waals surface area contributed by atoms with Crippen molar-refractivity contribution >= 4 is 11.3 Å². The molecule has 0 radical (unpaired) electrons. The Bertz CT molecular complexity index is 869. The van der Waals surface area contributed by atoms with Crippen LogP contribution in [0.5, 0.6) is 5.75 Å². The van der Waals surface area contributed by atoms with Gasteiger partial charge in [0.1, 0.15) is 18.1 Å². The molecule has 1 saturated heterocycles. The van der Waals surface area contributed by atoms with Gasteiger partial charge in [0, 0.05) is 62.4 Å². The molecule has 0 bridgehead atoms. The van der Waals surface area contributed by atoms with E-state index in [2.05, 4.69) is 28.1 Å². The van der Waals surface area contributed by atoms with E-state index in [1.165, 1.54) is 5.69 Å². The van der Waals surface area contributed by atoms with E-state index in [1.807, 2.05) is 34.9 Å². The highest BCUT2D eigenvalue weighted by Crippen LogP contribution is 2.24. The van der Waals surface area contributed by atoms with Gasteiger partial charge in [-0.1, -0.05) is 0 Å². The smallest absolute Gasteiger partial charge is 0.139 e. The maximum Gasteiger partial charge on any atom is 0.139 e. The summed E-state index contributed by atoms with van der Waals surface area (Å²) in [4.78, 5) is 9.29. The fourth-order valence-electron chi connectivity index (χ4n) is 3.42. The Morgan fingerprint density at radius 3 is 2.54 bits per heavy atom. The van der Waals surface area contributed by atoms with Gasteiger partial charge >= 0.3 is 0 Å². The number of fused-ring (bicyclic) bond motifs is 1. The van der Waals surface area contributed by atoms with Gasteiger partial charge in [-0.25, -0.2) is 9.37 Å². The van der Waals surface area contributed by atoms with E-state index in [4.69, 9.17) is 9.72 Å². The van der Waals surface area contributed by atoms with Crippen LogP contribution in [0.2, 0.25) is 0 Å². The van der Waals surface area contributed by atoms with E-state index in [0.29, 0.717) is 6.54 Å². The maximum absolute atomic E-state index is 12.5. The van der Waals surface area contributed by atoms with Gasteiger partial charge in [-0.3, -0.25) is 4.90 Å². The van der Waals surface area contributed by atoms with Crippen molar-refractivity contribution < 1.29 is 9.13 Å². The van der Waals surface area contributed by atoms with Gasteiger partial charge in [0.15, 0.2) is 0 Å². The van der Waals surface area contributed by atoms with Crippen LogP contribution in [0.25, 0.3) is 16.9 Å². The van der Waals surface area contributed by atoms with Crippen LogP contribution in [0.3, 0.4) is 0 Å². The number of pyridine rings is 1. The van der Waals surface area contributed by atoms with Crippen LogP contribution in [0.15, 0.2) is 48.8 Å². The first kappa shape index (κ1) is 16.8. The second-order valence-corrected chi connectivity index (χ2v) is 6.52. The van der Waals surface area contributed by atoms with Crippen LogP contribution in [0.4, 0.5) is 10.1 Å². The average molecular weight is 354 g/mol. The third kappa shape index (κ3) is 3.37. The molecule has 4 rings (SSSR count). The number of methoxy groups -OCH3 is 1. The Balaban J connectivity index is 1.54. The SMILES string of the molecule is COc1ccc(-c2cn3ccc(N4CCN(CCF)CC4)cc3n2)cc1. The van der Waals surface area contributed by atoms with Crippen LogP contribution in [-0.2, 0) is 0 Å². The van der Waals surface area contributed by atoms with Gasteiger partial charge in [-0.2, -0.15) is 0 Å². The van der Waals surface area contributed by atoms with E-state index in [9.17, 15) is 4.39 Å². The molecule has 2 aromatic heterocycles. The Morgan fingerprint density at radius 2 is 1.85 bits per heavy atom. The first-order chi connectivity index (χ1) is 12.8. The molecule has 26 heavy (non-hydrogen) atoms. The third-order valence-corrected chi connectivity index (χ3v) is 4.97. The Labute approximate surface area is 152 Å². The molecular formula is C20H23FN4O. The molecule has 0 atom stereocenters. The van der Waals surface area contributed by atoms with Crippen LogP contribution >= 0.6 is 0 Å². The summed E-state index contributed by atoms with van der Waals surface area (Å²) in [5.74, 6) is 0.840. The van der Waals surface area contributed by atoms with Crippen LogP contribution in [-0.4, -0.2) is 60.8 Å². The molecule has 3 heterocycles. The molecule has 0 spiro atoms. The normalized spacial score (nSPS) is 15.5. The van der Waals surface area contributed by atoms with E-state index in [-0.39, 0.29) is 6.67 Å². The highest BCUT2D eigenvalue weighted by Gasteiger charge is 2.17. The summed E-state index contributed by atoms with van der Waals surface area (Å²) < 4.78 is 19.7. The van der Waals surface area contributed by atoms with Crippen molar-refractivity contribution in [2.24, 2.45) is 0 Å². The number of nitrogens with zero attached hydrogens (tertiary/aromatic N) is 4. The quantitative estimate of drug-likeness (QED) is 0.705. The summed E-state index contributed by atoms with van der Waals surface area (Å²) in [7, 11) is 1.67. The first-order valence-corrected chi connectivity index (χ1v) is 8.93. The molecule has 5 nitrogen and oxygen atoms in total. The fraction of sp³-hybridized carbons (Fsp3) is 0.350. The molecule has 6 heteroatoms. The molecule has 1 aliphatic rings. The molecule has 0 aliphatic carbocycles. The zero-order valence-corrected chi connectivity index (χ0v) is 14.9. The molecule has 136 valence electrons. The van der Waals surface area contributed by atoms with Gasteiger partial charge in [-0.15, -0.1) is 0 Å². The lowest BCUT2D eigenvalue weighted by atomic mass is 10.2. The molecule has 1 fully saturated rings. The lowest BCUT2D eigenvalue weighted by Crippen LogP contribution is -2.47. The van der Waals surface area contributed by atoms with Gasteiger partial charge in [0.25, 0.3) is 0 Å². The zero-order valence-electron chi connectivity index (χ0n) is 14.9. The number of hydrogen-bond donors (Lipinski definition) is 0. The van der Waals surface area contributed by atoms with Crippen LogP contribution < -0.4 is 9.64 Å². The van der Waals surface area contributed by atoms with E-state index >= 15 is 0 Å². The lowest BCUT2D eigenvalue weighted by molar-refractivity contribution is 0.235. The Kier molecular flexibility index (Phi) is 4.75. The average Bonchev–Trinajstić information content (AvgIpc) is 3.12. The summed E-state index contributed by atoms with van der Waals surface area (Å²) in [6.45, 7) is 3.91. The largest absolute Gasteiger partial charge is 0.497 e. The number of imidazole rings is 1. The Hall–Kier alpha value is -2.60. The minimum absolute atomic E-state index is 0.270. The Morgan fingerprint density at radius 1 is 1.08 bits per heavy atom. The van der Waals surface area contributed by atoms with Gasteiger partial charge in [-0.05, 0) is 30.3 Å². The summed E-state index contributed by atoms with van der Waals surface area (Å²) in [5.41, 5.74) is 4.11. The molecule has 3 aromatic rings. The van der Waals surface area contributed by atoms with Crippen molar-refractivity contribution in [3.05, 3.63) is 48.8 Å². The number of piperazine rings is 1. The molecule has 1 aliphatic heterocycles. The van der Waals surface area contributed by atoms with Crippen molar-refractivity contribution in [3.63, 3.8) is 0 Å².